The van der Waals surface area contributed by atoms with Crippen LogP contribution in [0.1, 0.15) is 28.9 Å². The van der Waals surface area contributed by atoms with Gasteiger partial charge >= 0.3 is 0 Å². The molecule has 1 atom stereocenters. The van der Waals surface area contributed by atoms with Crippen molar-refractivity contribution in [1.82, 2.24) is 5.32 Å². The van der Waals surface area contributed by atoms with E-state index in [1.807, 2.05) is 25.1 Å². The molecule has 1 aromatic carbocycles. The summed E-state index contributed by atoms with van der Waals surface area (Å²) in [5, 5.41) is 2.95. The quantitative estimate of drug-likeness (QED) is 0.946. The highest BCUT2D eigenvalue weighted by Gasteiger charge is 2.18. The number of rotatable bonds is 3. The van der Waals surface area contributed by atoms with E-state index >= 15 is 0 Å². The smallest absolute Gasteiger partial charge is 0.256 e. The van der Waals surface area contributed by atoms with Crippen molar-refractivity contribution in [2.24, 2.45) is 0 Å². The van der Waals surface area contributed by atoms with Crippen LogP contribution < -0.4 is 14.8 Å². The van der Waals surface area contributed by atoms with Crippen LogP contribution in [0.4, 0.5) is 0 Å². The fraction of sp³-hybridized carbons (Fsp3) is 0.267. The Hall–Kier alpha value is -2.14. The number of carbonyl (C=O) groups excluding carboxylic acids is 1. The summed E-state index contributed by atoms with van der Waals surface area (Å²) in [7, 11) is 0. The summed E-state index contributed by atoms with van der Waals surface area (Å²) in [6, 6.07) is 6.96. The van der Waals surface area contributed by atoms with E-state index in [9.17, 15) is 4.79 Å². The van der Waals surface area contributed by atoms with Crippen LogP contribution in [0.3, 0.4) is 0 Å². The van der Waals surface area contributed by atoms with Gasteiger partial charge in [-0.2, -0.15) is 0 Å². The second-order valence-electron chi connectivity index (χ2n) is 4.71. The molecule has 0 spiro atoms. The maximum Gasteiger partial charge on any atom is 0.256 e. The van der Waals surface area contributed by atoms with Crippen LogP contribution in [0, 0.1) is 0 Å². The lowest BCUT2D eigenvalue weighted by atomic mass is 10.1. The molecule has 0 radical (unpaired) electrons. The normalized spacial score (nSPS) is 14.6. The molecule has 1 amide bonds. The fourth-order valence-corrected chi connectivity index (χ4v) is 2.34. The van der Waals surface area contributed by atoms with Crippen molar-refractivity contribution in [2.75, 3.05) is 13.2 Å². The molecular weight excluding hydrogens is 294 g/mol. The molecule has 1 aromatic heterocycles. The van der Waals surface area contributed by atoms with Gasteiger partial charge in [-0.25, -0.2) is 0 Å². The van der Waals surface area contributed by atoms with E-state index in [0.717, 1.165) is 11.3 Å². The fourth-order valence-electron chi connectivity index (χ4n) is 2.14. The lowest BCUT2D eigenvalue weighted by Gasteiger charge is -2.21. The summed E-state index contributed by atoms with van der Waals surface area (Å²) in [5.74, 6) is 1.14. The number of amides is 1. The molecule has 0 saturated carbocycles. The van der Waals surface area contributed by atoms with E-state index in [2.05, 4.69) is 5.32 Å². The van der Waals surface area contributed by atoms with Crippen molar-refractivity contribution in [1.29, 1.82) is 0 Å². The van der Waals surface area contributed by atoms with Crippen LogP contribution in [0.15, 0.2) is 34.9 Å². The van der Waals surface area contributed by atoms with Crippen molar-refractivity contribution in [3.05, 3.63) is 46.9 Å². The van der Waals surface area contributed by atoms with Gasteiger partial charge in [-0.3, -0.25) is 4.79 Å². The van der Waals surface area contributed by atoms with Gasteiger partial charge in [-0.1, -0.05) is 6.07 Å². The summed E-state index contributed by atoms with van der Waals surface area (Å²) in [4.78, 5) is 12.1. The van der Waals surface area contributed by atoms with Crippen LogP contribution in [0.2, 0.25) is 5.22 Å². The number of ether oxygens (including phenoxy) is 2. The molecular formula is C15H14ClNO4. The van der Waals surface area contributed by atoms with Crippen LogP contribution in [-0.4, -0.2) is 19.1 Å². The topological polar surface area (TPSA) is 60.7 Å². The predicted molar refractivity (Wildman–Crippen MR) is 77.0 cm³/mol. The molecule has 2 heterocycles. The highest BCUT2D eigenvalue weighted by molar-refractivity contribution is 6.32. The average Bonchev–Trinajstić information content (AvgIpc) is 2.93. The van der Waals surface area contributed by atoms with Crippen LogP contribution in [0.5, 0.6) is 11.5 Å². The number of carbonyl (C=O) groups is 1. The number of benzene rings is 1. The third-order valence-electron chi connectivity index (χ3n) is 3.28. The van der Waals surface area contributed by atoms with E-state index in [0.29, 0.717) is 24.5 Å². The van der Waals surface area contributed by atoms with Crippen molar-refractivity contribution in [2.45, 2.75) is 13.0 Å². The van der Waals surface area contributed by atoms with Gasteiger partial charge in [0.15, 0.2) is 11.5 Å². The third-order valence-corrected chi connectivity index (χ3v) is 3.57. The number of hydrogen-bond acceptors (Lipinski definition) is 4. The molecule has 1 N–H and O–H groups in total. The molecule has 0 aliphatic carbocycles. The molecule has 0 bridgehead atoms. The Kier molecular flexibility index (Phi) is 3.75. The zero-order valence-corrected chi connectivity index (χ0v) is 12.1. The molecule has 5 nitrogen and oxygen atoms in total. The number of nitrogens with one attached hydrogen (secondary N) is 1. The van der Waals surface area contributed by atoms with Gasteiger partial charge in [0.2, 0.25) is 5.22 Å². The lowest BCUT2D eigenvalue weighted by Crippen LogP contribution is -2.26. The monoisotopic (exact) mass is 307 g/mol. The zero-order chi connectivity index (χ0) is 14.8. The SMILES string of the molecule is CC(NC(=O)c1ccoc1Cl)c1ccc2c(c1)OCCO2. The van der Waals surface area contributed by atoms with Crippen LogP contribution >= 0.6 is 11.6 Å². The van der Waals surface area contributed by atoms with Crippen molar-refractivity contribution in [3.8, 4) is 11.5 Å². The van der Waals surface area contributed by atoms with Gasteiger partial charge in [-0.05, 0) is 42.3 Å². The van der Waals surface area contributed by atoms with Crippen LogP contribution in [0.25, 0.3) is 0 Å². The van der Waals surface area contributed by atoms with Gasteiger partial charge < -0.3 is 19.2 Å². The molecule has 1 aliphatic heterocycles. The van der Waals surface area contributed by atoms with Gasteiger partial charge in [0.1, 0.15) is 13.2 Å². The van der Waals surface area contributed by atoms with Gasteiger partial charge in [0.25, 0.3) is 5.91 Å². The predicted octanol–water partition coefficient (Wildman–Crippen LogP) is 3.20. The molecule has 1 aliphatic rings. The first-order chi connectivity index (χ1) is 10.1. The Bertz CT molecular complexity index is 667. The van der Waals surface area contributed by atoms with E-state index in [1.165, 1.54) is 12.3 Å². The first-order valence-electron chi connectivity index (χ1n) is 6.58. The minimum atomic E-state index is -0.281. The highest BCUT2D eigenvalue weighted by Crippen LogP contribution is 2.32. The Balaban J connectivity index is 1.75. The maximum absolute atomic E-state index is 12.1. The Labute approximate surface area is 126 Å². The largest absolute Gasteiger partial charge is 0.486 e. The van der Waals surface area contributed by atoms with Gasteiger partial charge in [0, 0.05) is 0 Å². The number of furan rings is 1. The summed E-state index contributed by atoms with van der Waals surface area (Å²) in [6.07, 6.45) is 1.38. The molecule has 3 rings (SSSR count). The molecule has 110 valence electrons. The molecule has 0 saturated heterocycles. The number of fused-ring (bicyclic) bond motifs is 1. The van der Waals surface area contributed by atoms with E-state index in [1.54, 1.807) is 0 Å². The third kappa shape index (κ3) is 2.83. The molecule has 2 aromatic rings. The maximum atomic E-state index is 12.1. The molecule has 1 unspecified atom stereocenters. The van der Waals surface area contributed by atoms with E-state index in [4.69, 9.17) is 25.5 Å². The van der Waals surface area contributed by atoms with Gasteiger partial charge in [-0.15, -0.1) is 0 Å². The Morgan fingerprint density at radius 3 is 2.71 bits per heavy atom. The molecule has 21 heavy (non-hydrogen) atoms. The number of halogens is 1. The Morgan fingerprint density at radius 1 is 1.24 bits per heavy atom. The first kappa shape index (κ1) is 13.8. The average molecular weight is 308 g/mol. The summed E-state index contributed by atoms with van der Waals surface area (Å²) < 4.78 is 15.9. The summed E-state index contributed by atoms with van der Waals surface area (Å²) in [6.45, 7) is 2.97. The van der Waals surface area contributed by atoms with Crippen LogP contribution in [-0.2, 0) is 0 Å². The minimum Gasteiger partial charge on any atom is -0.486 e. The zero-order valence-electron chi connectivity index (χ0n) is 11.4. The summed E-state index contributed by atoms with van der Waals surface area (Å²) in [5.41, 5.74) is 1.24. The molecule has 6 heteroatoms. The first-order valence-corrected chi connectivity index (χ1v) is 6.96. The van der Waals surface area contributed by atoms with Crippen molar-refractivity contribution >= 4 is 17.5 Å². The van der Waals surface area contributed by atoms with E-state index in [-0.39, 0.29) is 17.2 Å². The minimum absolute atomic E-state index is 0.0851. The van der Waals surface area contributed by atoms with Crippen molar-refractivity contribution in [3.63, 3.8) is 0 Å². The standard InChI is InChI=1S/C15H14ClNO4/c1-9(17-15(18)11-4-5-21-14(11)16)10-2-3-12-13(8-10)20-7-6-19-12/h2-5,8-9H,6-7H2,1H3,(H,17,18). The Morgan fingerprint density at radius 2 is 2.00 bits per heavy atom. The molecule has 0 fully saturated rings. The second kappa shape index (κ2) is 5.69. The number of hydrogen-bond donors (Lipinski definition) is 1. The van der Waals surface area contributed by atoms with E-state index < -0.39 is 0 Å². The van der Waals surface area contributed by atoms with Gasteiger partial charge in [0.05, 0.1) is 17.9 Å². The lowest BCUT2D eigenvalue weighted by molar-refractivity contribution is 0.0939. The second-order valence-corrected chi connectivity index (χ2v) is 5.05. The summed E-state index contributed by atoms with van der Waals surface area (Å²) >= 11 is 5.79. The highest BCUT2D eigenvalue weighted by atomic mass is 35.5. The van der Waals surface area contributed by atoms with Crippen molar-refractivity contribution < 1.29 is 18.7 Å².